The van der Waals surface area contributed by atoms with E-state index in [9.17, 15) is 9.90 Å². The molecule has 2 N–H and O–H groups in total. The smallest absolute Gasteiger partial charge is 0.338 e. The van der Waals surface area contributed by atoms with Crippen LogP contribution in [0.4, 0.5) is 0 Å². The van der Waals surface area contributed by atoms with E-state index in [1.54, 1.807) is 24.4 Å². The molecule has 1 atom stereocenters. The van der Waals surface area contributed by atoms with Gasteiger partial charge in [-0.2, -0.15) is 5.26 Å². The number of nitrogens with one attached hydrogen (secondary N) is 1. The molecule has 146 valence electrons. The van der Waals surface area contributed by atoms with E-state index in [4.69, 9.17) is 10.00 Å². The van der Waals surface area contributed by atoms with Crippen molar-refractivity contribution < 1.29 is 14.6 Å². The number of aliphatic hydroxyl groups is 1. The van der Waals surface area contributed by atoms with Crippen LogP contribution >= 0.6 is 0 Å². The predicted octanol–water partition coefficient (Wildman–Crippen LogP) is 1.34. The molecule has 9 nitrogen and oxygen atoms in total. The number of cyclic esters (lactones) is 1. The van der Waals surface area contributed by atoms with Gasteiger partial charge in [-0.05, 0) is 35.7 Å². The van der Waals surface area contributed by atoms with Crippen molar-refractivity contribution in [3.8, 4) is 11.9 Å². The largest absolute Gasteiger partial charge is 0.457 e. The van der Waals surface area contributed by atoms with Gasteiger partial charge < -0.3 is 15.2 Å². The highest BCUT2D eigenvalue weighted by Crippen LogP contribution is 2.28. The number of hydrogen-bond donors (Lipinski definition) is 2. The SMILES string of the molecule is Cc1c([C@@H](O)CNCc2ccc(-n3cnc(C#N)n3)nc2)ccc2c1COC2=O. The summed E-state index contributed by atoms with van der Waals surface area (Å²) in [4.78, 5) is 19.8. The minimum Gasteiger partial charge on any atom is -0.457 e. The number of pyridine rings is 1. The fourth-order valence-corrected chi connectivity index (χ4v) is 3.27. The van der Waals surface area contributed by atoms with E-state index in [-0.39, 0.29) is 18.4 Å². The highest BCUT2D eigenvalue weighted by molar-refractivity contribution is 5.93. The maximum absolute atomic E-state index is 11.6. The van der Waals surface area contributed by atoms with Crippen LogP contribution in [0.2, 0.25) is 0 Å². The maximum atomic E-state index is 11.6. The van der Waals surface area contributed by atoms with Crippen LogP contribution in [0.3, 0.4) is 0 Å². The van der Waals surface area contributed by atoms with Crippen molar-refractivity contribution in [1.29, 1.82) is 5.26 Å². The summed E-state index contributed by atoms with van der Waals surface area (Å²) in [6.07, 6.45) is 2.43. The van der Waals surface area contributed by atoms with Gasteiger partial charge in [0, 0.05) is 24.8 Å². The number of ether oxygens (including phenoxy) is 1. The lowest BCUT2D eigenvalue weighted by Crippen LogP contribution is -2.22. The normalized spacial score (nSPS) is 13.6. The van der Waals surface area contributed by atoms with E-state index in [1.165, 1.54) is 11.0 Å². The highest BCUT2D eigenvalue weighted by atomic mass is 16.5. The Morgan fingerprint density at radius 3 is 2.93 bits per heavy atom. The molecule has 1 aromatic carbocycles. The van der Waals surface area contributed by atoms with Gasteiger partial charge in [-0.25, -0.2) is 19.4 Å². The van der Waals surface area contributed by atoms with E-state index in [2.05, 4.69) is 20.4 Å². The Bertz CT molecular complexity index is 1100. The number of nitrogens with zero attached hydrogens (tertiary/aromatic N) is 5. The third-order valence-corrected chi connectivity index (χ3v) is 4.87. The standard InChI is InChI=1S/C20H18N6O3/c1-12-14(3-4-15-16(12)10-29-20(15)28)17(27)9-22-7-13-2-5-19(23-8-13)26-11-24-18(6-21)25-26/h2-5,8,11,17,22,27H,7,9-10H2,1H3/t17-/m0/s1. The highest BCUT2D eigenvalue weighted by Gasteiger charge is 2.25. The zero-order valence-electron chi connectivity index (χ0n) is 15.7. The fraction of sp³-hybridized carbons (Fsp3) is 0.250. The molecule has 3 heterocycles. The van der Waals surface area contributed by atoms with Crippen LogP contribution in [0.25, 0.3) is 5.82 Å². The Balaban J connectivity index is 1.35. The summed E-state index contributed by atoms with van der Waals surface area (Å²) in [5.41, 5.74) is 4.03. The lowest BCUT2D eigenvalue weighted by Gasteiger charge is -2.16. The fourth-order valence-electron chi connectivity index (χ4n) is 3.27. The number of carbonyl (C=O) groups excluding carboxylic acids is 1. The average Bonchev–Trinajstić information content (AvgIpc) is 3.36. The molecule has 29 heavy (non-hydrogen) atoms. The van der Waals surface area contributed by atoms with Crippen molar-refractivity contribution in [2.45, 2.75) is 26.2 Å². The molecular formula is C20H18N6O3. The molecule has 4 rings (SSSR count). The van der Waals surface area contributed by atoms with E-state index in [1.807, 2.05) is 19.1 Å². The molecular weight excluding hydrogens is 372 g/mol. The lowest BCUT2D eigenvalue weighted by molar-refractivity contribution is 0.0535. The first-order valence-electron chi connectivity index (χ1n) is 9.02. The molecule has 0 saturated carbocycles. The van der Waals surface area contributed by atoms with Gasteiger partial charge >= 0.3 is 5.97 Å². The second-order valence-electron chi connectivity index (χ2n) is 6.68. The Kier molecular flexibility index (Phi) is 5.03. The van der Waals surface area contributed by atoms with Crippen LogP contribution < -0.4 is 5.32 Å². The Hall–Kier alpha value is -3.61. The van der Waals surface area contributed by atoms with Crippen LogP contribution in [-0.2, 0) is 17.9 Å². The monoisotopic (exact) mass is 390 g/mol. The molecule has 0 bridgehead atoms. The Labute approximate surface area is 166 Å². The zero-order valence-corrected chi connectivity index (χ0v) is 15.7. The first kappa shape index (κ1) is 18.7. The molecule has 2 aromatic heterocycles. The van der Waals surface area contributed by atoms with Gasteiger partial charge in [-0.1, -0.05) is 12.1 Å². The summed E-state index contributed by atoms with van der Waals surface area (Å²) in [5, 5.41) is 26.5. The van der Waals surface area contributed by atoms with Gasteiger partial charge in [0.2, 0.25) is 0 Å². The molecule has 0 unspecified atom stereocenters. The van der Waals surface area contributed by atoms with E-state index >= 15 is 0 Å². The van der Waals surface area contributed by atoms with Crippen molar-refractivity contribution in [1.82, 2.24) is 25.1 Å². The summed E-state index contributed by atoms with van der Waals surface area (Å²) in [6.45, 7) is 3.03. The second-order valence-corrected chi connectivity index (χ2v) is 6.68. The summed E-state index contributed by atoms with van der Waals surface area (Å²) in [5.74, 6) is 0.338. The molecule has 0 fully saturated rings. The summed E-state index contributed by atoms with van der Waals surface area (Å²) in [6, 6.07) is 9.03. The number of aliphatic hydroxyl groups excluding tert-OH is 1. The Morgan fingerprint density at radius 1 is 1.34 bits per heavy atom. The van der Waals surface area contributed by atoms with Crippen LogP contribution in [0, 0.1) is 18.3 Å². The molecule has 3 aromatic rings. The number of hydrogen-bond acceptors (Lipinski definition) is 8. The number of fused-ring (bicyclic) bond motifs is 1. The lowest BCUT2D eigenvalue weighted by atomic mass is 9.95. The van der Waals surface area contributed by atoms with Crippen LogP contribution in [-0.4, -0.2) is 37.4 Å². The third-order valence-electron chi connectivity index (χ3n) is 4.87. The van der Waals surface area contributed by atoms with Crippen molar-refractivity contribution in [2.75, 3.05) is 6.54 Å². The number of esters is 1. The number of aromatic nitrogens is 4. The van der Waals surface area contributed by atoms with Crippen molar-refractivity contribution in [3.63, 3.8) is 0 Å². The molecule has 0 saturated heterocycles. The van der Waals surface area contributed by atoms with Crippen LogP contribution in [0.1, 0.15) is 44.5 Å². The van der Waals surface area contributed by atoms with Crippen LogP contribution in [0.15, 0.2) is 36.8 Å². The van der Waals surface area contributed by atoms with E-state index < -0.39 is 6.10 Å². The van der Waals surface area contributed by atoms with Gasteiger partial charge in [-0.15, -0.1) is 5.10 Å². The molecule has 1 aliphatic heterocycles. The van der Waals surface area contributed by atoms with Crippen molar-refractivity contribution >= 4 is 5.97 Å². The predicted molar refractivity (Wildman–Crippen MR) is 101 cm³/mol. The number of carbonyl (C=O) groups is 1. The molecule has 0 spiro atoms. The zero-order chi connectivity index (χ0) is 20.4. The number of rotatable bonds is 6. The molecule has 0 amide bonds. The van der Waals surface area contributed by atoms with E-state index in [0.717, 1.165) is 22.3 Å². The number of nitriles is 1. The quantitative estimate of drug-likeness (QED) is 0.604. The van der Waals surface area contributed by atoms with Gasteiger partial charge in [0.25, 0.3) is 5.82 Å². The average molecular weight is 390 g/mol. The van der Waals surface area contributed by atoms with Crippen LogP contribution in [0.5, 0.6) is 0 Å². The molecule has 0 radical (unpaired) electrons. The van der Waals surface area contributed by atoms with Gasteiger partial charge in [0.1, 0.15) is 19.0 Å². The molecule has 9 heteroatoms. The maximum Gasteiger partial charge on any atom is 0.338 e. The van der Waals surface area contributed by atoms with Gasteiger partial charge in [0.05, 0.1) is 11.7 Å². The van der Waals surface area contributed by atoms with Crippen molar-refractivity contribution in [3.05, 3.63) is 70.4 Å². The number of benzene rings is 1. The minimum absolute atomic E-state index is 0.0873. The first-order valence-corrected chi connectivity index (χ1v) is 9.02. The summed E-state index contributed by atoms with van der Waals surface area (Å²) < 4.78 is 6.49. The second kappa shape index (κ2) is 7.79. The summed E-state index contributed by atoms with van der Waals surface area (Å²) in [7, 11) is 0. The van der Waals surface area contributed by atoms with E-state index in [0.29, 0.717) is 24.5 Å². The third kappa shape index (κ3) is 3.71. The molecule has 1 aliphatic rings. The topological polar surface area (TPSA) is 126 Å². The first-order chi connectivity index (χ1) is 14.1. The summed E-state index contributed by atoms with van der Waals surface area (Å²) >= 11 is 0. The molecule has 0 aliphatic carbocycles. The Morgan fingerprint density at radius 2 is 2.21 bits per heavy atom. The van der Waals surface area contributed by atoms with Gasteiger partial charge in [0.15, 0.2) is 5.82 Å². The van der Waals surface area contributed by atoms with Crippen molar-refractivity contribution in [2.24, 2.45) is 0 Å². The van der Waals surface area contributed by atoms with Gasteiger partial charge in [-0.3, -0.25) is 0 Å². The minimum atomic E-state index is -0.706.